The Kier molecular flexibility index (Phi) is 2.46. The Hall–Kier alpha value is -1.02. The van der Waals surface area contributed by atoms with Gasteiger partial charge in [-0.2, -0.15) is 0 Å². The van der Waals surface area contributed by atoms with Gasteiger partial charge in [0.1, 0.15) is 0 Å². The maximum atomic E-state index is 6.03. The van der Waals surface area contributed by atoms with Gasteiger partial charge in [-0.25, -0.2) is 0 Å². The smallest absolute Gasteiger partial charge is 0.0391 e. The van der Waals surface area contributed by atoms with Gasteiger partial charge in [-0.05, 0) is 29.5 Å². The van der Waals surface area contributed by atoms with Gasteiger partial charge in [0.25, 0.3) is 0 Å². The number of benzene rings is 1. The summed E-state index contributed by atoms with van der Waals surface area (Å²) in [5.41, 5.74) is 9.91. The Morgan fingerprint density at radius 1 is 1.43 bits per heavy atom. The highest BCUT2D eigenvalue weighted by atomic mass is 14.9. The molecule has 0 aliphatic carbocycles. The third-order valence-corrected chi connectivity index (χ3v) is 2.91. The quantitative estimate of drug-likeness (QED) is 0.714. The van der Waals surface area contributed by atoms with E-state index in [9.17, 15) is 0 Å². The summed E-state index contributed by atoms with van der Waals surface area (Å²) < 4.78 is 0. The van der Waals surface area contributed by atoms with Gasteiger partial charge in [0.2, 0.25) is 0 Å². The second kappa shape index (κ2) is 3.62. The van der Waals surface area contributed by atoms with Crippen molar-refractivity contribution in [2.75, 3.05) is 11.9 Å². The lowest BCUT2D eigenvalue weighted by Crippen LogP contribution is -2.22. The molecule has 3 N–H and O–H groups in total. The van der Waals surface area contributed by atoms with Crippen molar-refractivity contribution in [2.45, 2.75) is 32.2 Å². The Bertz CT molecular complexity index is 331. The average molecular weight is 190 g/mol. The van der Waals surface area contributed by atoms with Crippen LogP contribution in [0.2, 0.25) is 0 Å². The molecule has 1 aliphatic rings. The highest BCUT2D eigenvalue weighted by Crippen LogP contribution is 2.30. The van der Waals surface area contributed by atoms with Gasteiger partial charge in [0.05, 0.1) is 0 Å². The maximum absolute atomic E-state index is 6.03. The highest BCUT2D eigenvalue weighted by molar-refractivity contribution is 5.56. The molecule has 1 aromatic rings. The zero-order valence-electron chi connectivity index (χ0n) is 8.88. The van der Waals surface area contributed by atoms with Crippen LogP contribution in [0.3, 0.4) is 0 Å². The van der Waals surface area contributed by atoms with Crippen LogP contribution in [0.25, 0.3) is 0 Å². The highest BCUT2D eigenvalue weighted by Gasteiger charge is 2.16. The molecule has 1 atom stereocenters. The molecular weight excluding hydrogens is 172 g/mol. The average Bonchev–Trinajstić information content (AvgIpc) is 2.17. The van der Waals surface area contributed by atoms with Crippen LogP contribution in [-0.4, -0.2) is 6.54 Å². The summed E-state index contributed by atoms with van der Waals surface area (Å²) in [6, 6.07) is 6.81. The molecule has 1 aliphatic heterocycles. The molecule has 0 bridgehead atoms. The zero-order valence-corrected chi connectivity index (χ0v) is 8.88. The largest absolute Gasteiger partial charge is 0.385 e. The Balaban J connectivity index is 2.39. The molecule has 1 aromatic carbocycles. The van der Waals surface area contributed by atoms with Crippen molar-refractivity contribution < 1.29 is 0 Å². The third kappa shape index (κ3) is 1.62. The molecular formula is C12H18N2. The van der Waals surface area contributed by atoms with Crippen LogP contribution >= 0.6 is 0 Å². The standard InChI is InChI=1S/C12H18N2/c1-8(2)9-3-4-10-11(13)5-6-14-12(10)7-9/h3-4,7-8,11,14H,5-6,13H2,1-2H3. The molecule has 1 unspecified atom stereocenters. The summed E-state index contributed by atoms with van der Waals surface area (Å²) in [6.45, 7) is 5.42. The van der Waals surface area contributed by atoms with Gasteiger partial charge >= 0.3 is 0 Å². The van der Waals surface area contributed by atoms with E-state index in [0.717, 1.165) is 13.0 Å². The topological polar surface area (TPSA) is 38.0 Å². The van der Waals surface area contributed by atoms with Gasteiger partial charge in [0, 0.05) is 18.3 Å². The van der Waals surface area contributed by atoms with Crippen LogP contribution in [0.5, 0.6) is 0 Å². The SMILES string of the molecule is CC(C)c1ccc2c(c1)NCCC2N. The van der Waals surface area contributed by atoms with E-state index in [2.05, 4.69) is 37.4 Å². The number of anilines is 1. The first-order valence-corrected chi connectivity index (χ1v) is 5.32. The molecule has 14 heavy (non-hydrogen) atoms. The van der Waals surface area contributed by atoms with E-state index < -0.39 is 0 Å². The number of fused-ring (bicyclic) bond motifs is 1. The second-order valence-corrected chi connectivity index (χ2v) is 4.32. The van der Waals surface area contributed by atoms with Crippen LogP contribution in [0.15, 0.2) is 18.2 Å². The molecule has 2 rings (SSSR count). The van der Waals surface area contributed by atoms with Gasteiger partial charge in [-0.3, -0.25) is 0 Å². The fourth-order valence-electron chi connectivity index (χ4n) is 1.93. The summed E-state index contributed by atoms with van der Waals surface area (Å²) >= 11 is 0. The molecule has 0 spiro atoms. The molecule has 0 amide bonds. The first-order chi connectivity index (χ1) is 6.68. The fraction of sp³-hybridized carbons (Fsp3) is 0.500. The van der Waals surface area contributed by atoms with Crippen molar-refractivity contribution >= 4 is 5.69 Å². The van der Waals surface area contributed by atoms with Gasteiger partial charge in [-0.15, -0.1) is 0 Å². The monoisotopic (exact) mass is 190 g/mol. The summed E-state index contributed by atoms with van der Waals surface area (Å²) in [7, 11) is 0. The third-order valence-electron chi connectivity index (χ3n) is 2.91. The second-order valence-electron chi connectivity index (χ2n) is 4.32. The van der Waals surface area contributed by atoms with E-state index in [-0.39, 0.29) is 6.04 Å². The zero-order chi connectivity index (χ0) is 10.1. The maximum Gasteiger partial charge on any atom is 0.0391 e. The van der Waals surface area contributed by atoms with E-state index in [0.29, 0.717) is 5.92 Å². The molecule has 0 aromatic heterocycles. The van der Waals surface area contributed by atoms with Crippen LogP contribution in [0.4, 0.5) is 5.69 Å². The first kappa shape index (κ1) is 9.53. The number of nitrogens with two attached hydrogens (primary N) is 1. The van der Waals surface area contributed by atoms with Crippen molar-refractivity contribution in [1.29, 1.82) is 0 Å². The molecule has 0 fully saturated rings. The first-order valence-electron chi connectivity index (χ1n) is 5.32. The minimum Gasteiger partial charge on any atom is -0.385 e. The summed E-state index contributed by atoms with van der Waals surface area (Å²) in [5.74, 6) is 0.584. The molecule has 1 heterocycles. The molecule has 0 saturated heterocycles. The van der Waals surface area contributed by atoms with Crippen LogP contribution in [0, 0.1) is 0 Å². The lowest BCUT2D eigenvalue weighted by molar-refractivity contribution is 0.654. The molecule has 2 heteroatoms. The Morgan fingerprint density at radius 2 is 2.21 bits per heavy atom. The molecule has 2 nitrogen and oxygen atoms in total. The summed E-state index contributed by atoms with van der Waals surface area (Å²) in [6.07, 6.45) is 1.04. The summed E-state index contributed by atoms with van der Waals surface area (Å²) in [4.78, 5) is 0. The predicted octanol–water partition coefficient (Wildman–Crippen LogP) is 2.63. The van der Waals surface area contributed by atoms with Crippen LogP contribution in [0.1, 0.15) is 43.4 Å². The van der Waals surface area contributed by atoms with Crippen LogP contribution in [-0.2, 0) is 0 Å². The lowest BCUT2D eigenvalue weighted by atomic mass is 9.94. The Morgan fingerprint density at radius 3 is 2.93 bits per heavy atom. The molecule has 76 valence electrons. The lowest BCUT2D eigenvalue weighted by Gasteiger charge is -2.24. The van der Waals surface area contributed by atoms with E-state index in [1.165, 1.54) is 16.8 Å². The van der Waals surface area contributed by atoms with E-state index >= 15 is 0 Å². The van der Waals surface area contributed by atoms with E-state index in [1.54, 1.807) is 0 Å². The van der Waals surface area contributed by atoms with Crippen LogP contribution < -0.4 is 11.1 Å². The van der Waals surface area contributed by atoms with Crippen molar-refractivity contribution in [3.63, 3.8) is 0 Å². The van der Waals surface area contributed by atoms with Gasteiger partial charge in [-0.1, -0.05) is 26.0 Å². The van der Waals surface area contributed by atoms with Crippen molar-refractivity contribution in [2.24, 2.45) is 5.73 Å². The number of nitrogens with one attached hydrogen (secondary N) is 1. The van der Waals surface area contributed by atoms with Gasteiger partial charge < -0.3 is 11.1 Å². The molecule has 0 radical (unpaired) electrons. The van der Waals surface area contributed by atoms with Crippen molar-refractivity contribution in [3.8, 4) is 0 Å². The number of hydrogen-bond donors (Lipinski definition) is 2. The fourth-order valence-corrected chi connectivity index (χ4v) is 1.93. The summed E-state index contributed by atoms with van der Waals surface area (Å²) in [5, 5.41) is 3.41. The molecule has 0 saturated carbocycles. The van der Waals surface area contributed by atoms with E-state index in [4.69, 9.17) is 5.73 Å². The van der Waals surface area contributed by atoms with Crippen molar-refractivity contribution in [1.82, 2.24) is 0 Å². The minimum atomic E-state index is 0.215. The van der Waals surface area contributed by atoms with Gasteiger partial charge in [0.15, 0.2) is 0 Å². The van der Waals surface area contributed by atoms with Crippen molar-refractivity contribution in [3.05, 3.63) is 29.3 Å². The number of hydrogen-bond acceptors (Lipinski definition) is 2. The minimum absolute atomic E-state index is 0.215. The predicted molar refractivity (Wildman–Crippen MR) is 60.6 cm³/mol. The van der Waals surface area contributed by atoms with E-state index in [1.807, 2.05) is 0 Å². The Labute approximate surface area is 85.5 Å². The number of rotatable bonds is 1. The normalized spacial score (nSPS) is 20.4.